The van der Waals surface area contributed by atoms with Crippen LogP contribution >= 0.6 is 27.5 Å². The molecule has 0 spiro atoms. The lowest BCUT2D eigenvalue weighted by molar-refractivity contribution is 0.0963. The molecule has 3 rings (SSSR count). The fraction of sp³-hybridized carbons (Fsp3) is 0.105. The second-order valence-electron chi connectivity index (χ2n) is 5.75. The van der Waals surface area contributed by atoms with E-state index in [2.05, 4.69) is 42.4 Å². The number of nitrogens with zero attached hydrogens (tertiary/aromatic N) is 5. The Bertz CT molecular complexity index is 1130. The zero-order valence-electron chi connectivity index (χ0n) is 14.9. The SMILES string of the molecule is CNC(=O)c1cc(C#N)cc(C)c1N=Cc1cc(Br)nn1-c1ncccc1Cl. The van der Waals surface area contributed by atoms with Crippen LogP contribution < -0.4 is 5.32 Å². The van der Waals surface area contributed by atoms with Crippen LogP contribution in [0, 0.1) is 18.3 Å². The number of rotatable bonds is 4. The number of carbonyl (C=O) groups excluding carboxylic acids is 1. The maximum Gasteiger partial charge on any atom is 0.253 e. The lowest BCUT2D eigenvalue weighted by Crippen LogP contribution is -2.18. The molecule has 2 aromatic heterocycles. The molecule has 0 saturated heterocycles. The highest BCUT2D eigenvalue weighted by Gasteiger charge is 2.15. The third-order valence-corrected chi connectivity index (χ3v) is 4.56. The maximum absolute atomic E-state index is 12.3. The predicted octanol–water partition coefficient (Wildman–Crippen LogP) is 3.97. The number of halogens is 2. The first kappa shape index (κ1) is 19.7. The Kier molecular flexibility index (Phi) is 5.87. The minimum atomic E-state index is -0.324. The zero-order valence-corrected chi connectivity index (χ0v) is 17.3. The van der Waals surface area contributed by atoms with Gasteiger partial charge in [-0.3, -0.25) is 9.79 Å². The lowest BCUT2D eigenvalue weighted by Gasteiger charge is -2.09. The molecule has 1 amide bonds. The summed E-state index contributed by atoms with van der Waals surface area (Å²) in [7, 11) is 1.53. The zero-order chi connectivity index (χ0) is 20.3. The molecule has 2 heterocycles. The van der Waals surface area contributed by atoms with Gasteiger partial charge in [-0.25, -0.2) is 9.67 Å². The molecule has 0 aliphatic heterocycles. The Morgan fingerprint density at radius 2 is 2.21 bits per heavy atom. The van der Waals surface area contributed by atoms with Crippen molar-refractivity contribution in [2.24, 2.45) is 4.99 Å². The molecule has 0 bridgehead atoms. The Morgan fingerprint density at radius 1 is 1.43 bits per heavy atom. The molecule has 28 heavy (non-hydrogen) atoms. The molecule has 1 N–H and O–H groups in total. The van der Waals surface area contributed by atoms with E-state index < -0.39 is 0 Å². The van der Waals surface area contributed by atoms with Crippen LogP contribution in [0.25, 0.3) is 5.82 Å². The summed E-state index contributed by atoms with van der Waals surface area (Å²) in [6.45, 7) is 1.79. The molecule has 0 radical (unpaired) electrons. The number of amides is 1. The number of aliphatic imine (C=N–C) groups is 1. The molecular formula is C19H14BrClN6O. The quantitative estimate of drug-likeness (QED) is 0.600. The summed E-state index contributed by atoms with van der Waals surface area (Å²) in [5, 5.41) is 16.5. The minimum Gasteiger partial charge on any atom is -0.355 e. The first-order valence-corrected chi connectivity index (χ1v) is 9.29. The van der Waals surface area contributed by atoms with Crippen molar-refractivity contribution in [3.63, 3.8) is 0 Å². The van der Waals surface area contributed by atoms with Gasteiger partial charge in [0.25, 0.3) is 5.91 Å². The van der Waals surface area contributed by atoms with Crippen LogP contribution in [0.5, 0.6) is 0 Å². The highest BCUT2D eigenvalue weighted by Crippen LogP contribution is 2.27. The first-order chi connectivity index (χ1) is 13.4. The number of hydrogen-bond donors (Lipinski definition) is 1. The third kappa shape index (κ3) is 3.96. The molecule has 0 aliphatic carbocycles. The summed E-state index contributed by atoms with van der Waals surface area (Å²) in [5.74, 6) is 0.134. The van der Waals surface area contributed by atoms with E-state index in [1.54, 1.807) is 48.3 Å². The van der Waals surface area contributed by atoms with Crippen LogP contribution in [-0.4, -0.2) is 33.9 Å². The second-order valence-corrected chi connectivity index (χ2v) is 6.97. The second kappa shape index (κ2) is 8.33. The molecule has 140 valence electrons. The monoisotopic (exact) mass is 456 g/mol. The van der Waals surface area contributed by atoms with Crippen LogP contribution in [0.4, 0.5) is 5.69 Å². The van der Waals surface area contributed by atoms with Crippen molar-refractivity contribution in [3.05, 3.63) is 68.5 Å². The number of carbonyl (C=O) groups is 1. The van der Waals surface area contributed by atoms with Crippen LogP contribution in [0.2, 0.25) is 5.02 Å². The summed E-state index contributed by atoms with van der Waals surface area (Å²) in [6.07, 6.45) is 3.19. The standard InChI is InChI=1S/C19H14BrClN6O/c1-11-6-12(9-22)7-14(19(28)23-2)17(11)25-10-13-8-16(20)26-27(13)18-15(21)4-3-5-24-18/h3-8,10H,1-2H3,(H,23,28). The van der Waals surface area contributed by atoms with Crippen molar-refractivity contribution in [1.82, 2.24) is 20.1 Å². The van der Waals surface area contributed by atoms with Crippen LogP contribution in [-0.2, 0) is 0 Å². The van der Waals surface area contributed by atoms with Crippen molar-refractivity contribution in [3.8, 4) is 11.9 Å². The maximum atomic E-state index is 12.3. The van der Waals surface area contributed by atoms with Crippen molar-refractivity contribution < 1.29 is 4.79 Å². The van der Waals surface area contributed by atoms with Gasteiger partial charge in [-0.05, 0) is 52.7 Å². The van der Waals surface area contributed by atoms with Crippen molar-refractivity contribution in [2.45, 2.75) is 6.92 Å². The number of pyridine rings is 1. The van der Waals surface area contributed by atoms with E-state index in [1.807, 2.05) is 0 Å². The first-order valence-electron chi connectivity index (χ1n) is 8.12. The molecular weight excluding hydrogens is 444 g/mol. The summed E-state index contributed by atoms with van der Waals surface area (Å²) in [4.78, 5) is 21.0. The Labute approximate surface area is 174 Å². The van der Waals surface area contributed by atoms with Crippen molar-refractivity contribution >= 4 is 45.3 Å². The normalized spacial score (nSPS) is 10.8. The predicted molar refractivity (Wildman–Crippen MR) is 111 cm³/mol. The fourth-order valence-corrected chi connectivity index (χ4v) is 3.21. The number of aromatic nitrogens is 3. The van der Waals surface area contributed by atoms with E-state index in [0.29, 0.717) is 43.5 Å². The Balaban J connectivity index is 2.11. The van der Waals surface area contributed by atoms with Gasteiger partial charge in [-0.15, -0.1) is 0 Å². The van der Waals surface area contributed by atoms with Gasteiger partial charge in [0.15, 0.2) is 5.82 Å². The summed E-state index contributed by atoms with van der Waals surface area (Å²) < 4.78 is 2.13. The van der Waals surface area contributed by atoms with Crippen LogP contribution in [0.1, 0.15) is 27.2 Å². The van der Waals surface area contributed by atoms with Gasteiger partial charge in [0, 0.05) is 19.3 Å². The van der Waals surface area contributed by atoms with E-state index in [-0.39, 0.29) is 5.91 Å². The highest BCUT2D eigenvalue weighted by atomic mass is 79.9. The summed E-state index contributed by atoms with van der Waals surface area (Å²) in [5.41, 5.74) is 2.49. The van der Waals surface area contributed by atoms with Gasteiger partial charge in [0.05, 0.1) is 39.8 Å². The van der Waals surface area contributed by atoms with Crippen molar-refractivity contribution in [1.29, 1.82) is 5.26 Å². The molecule has 0 saturated carbocycles. The number of nitrogens with one attached hydrogen (secondary N) is 1. The minimum absolute atomic E-state index is 0.316. The van der Waals surface area contributed by atoms with Gasteiger partial charge in [-0.1, -0.05) is 11.6 Å². The average Bonchev–Trinajstić information content (AvgIpc) is 3.06. The molecule has 0 fully saturated rings. The molecule has 7 nitrogen and oxygen atoms in total. The number of aryl methyl sites for hydroxylation is 1. The Morgan fingerprint density at radius 3 is 2.89 bits per heavy atom. The fourth-order valence-electron chi connectivity index (χ4n) is 2.61. The van der Waals surface area contributed by atoms with Crippen molar-refractivity contribution in [2.75, 3.05) is 7.05 Å². The molecule has 9 heteroatoms. The highest BCUT2D eigenvalue weighted by molar-refractivity contribution is 9.10. The molecule has 1 aromatic carbocycles. The molecule has 3 aromatic rings. The van der Waals surface area contributed by atoms with Gasteiger partial charge in [0.1, 0.15) is 4.60 Å². The number of benzene rings is 1. The summed E-state index contributed by atoms with van der Waals surface area (Å²) in [6, 6.07) is 10.5. The van der Waals surface area contributed by atoms with E-state index >= 15 is 0 Å². The molecule has 0 atom stereocenters. The van der Waals surface area contributed by atoms with Crippen LogP contribution in [0.15, 0.2) is 46.1 Å². The summed E-state index contributed by atoms with van der Waals surface area (Å²) >= 11 is 9.58. The number of hydrogen-bond acceptors (Lipinski definition) is 5. The van der Waals surface area contributed by atoms with E-state index in [0.717, 1.165) is 0 Å². The largest absolute Gasteiger partial charge is 0.355 e. The average molecular weight is 458 g/mol. The van der Waals surface area contributed by atoms with E-state index in [9.17, 15) is 10.1 Å². The van der Waals surface area contributed by atoms with Gasteiger partial charge >= 0.3 is 0 Å². The number of nitriles is 1. The third-order valence-electron chi connectivity index (χ3n) is 3.87. The van der Waals surface area contributed by atoms with Gasteiger partial charge in [0.2, 0.25) is 0 Å². The van der Waals surface area contributed by atoms with E-state index in [1.165, 1.54) is 13.1 Å². The van der Waals surface area contributed by atoms with Gasteiger partial charge < -0.3 is 5.32 Å². The Hall–Kier alpha value is -3.02. The topological polar surface area (TPSA) is 96.0 Å². The van der Waals surface area contributed by atoms with E-state index in [4.69, 9.17) is 11.6 Å². The lowest BCUT2D eigenvalue weighted by atomic mass is 10.0. The smallest absolute Gasteiger partial charge is 0.253 e. The van der Waals surface area contributed by atoms with Gasteiger partial charge in [-0.2, -0.15) is 10.4 Å². The molecule has 0 aliphatic rings. The molecule has 0 unspecified atom stereocenters. The van der Waals surface area contributed by atoms with Crippen LogP contribution in [0.3, 0.4) is 0 Å².